The van der Waals surface area contributed by atoms with Gasteiger partial charge in [0, 0.05) is 54.7 Å². The molecular formula is C48H49F2N9O6S. The van der Waals surface area contributed by atoms with E-state index in [1.807, 2.05) is 17.6 Å². The van der Waals surface area contributed by atoms with Gasteiger partial charge in [-0.25, -0.2) is 31.6 Å². The van der Waals surface area contributed by atoms with Crippen molar-refractivity contribution in [1.29, 1.82) is 0 Å². The van der Waals surface area contributed by atoms with Crippen LogP contribution in [0.5, 0.6) is 0 Å². The number of aryl methyl sites for hydroxylation is 2. The largest absolute Gasteiger partial charge is 0.438 e. The van der Waals surface area contributed by atoms with Crippen molar-refractivity contribution in [1.82, 2.24) is 38.5 Å². The molecule has 2 fully saturated rings. The average Bonchev–Trinajstić information content (AvgIpc) is 3.86. The fourth-order valence-electron chi connectivity index (χ4n) is 10.9. The van der Waals surface area contributed by atoms with Gasteiger partial charge in [-0.15, -0.1) is 0 Å². The molecule has 0 unspecified atom stereocenters. The number of aromatic nitrogens is 7. The van der Waals surface area contributed by atoms with Gasteiger partial charge >= 0.3 is 11.4 Å². The fourth-order valence-corrected chi connectivity index (χ4v) is 12.4. The predicted molar refractivity (Wildman–Crippen MR) is 241 cm³/mol. The summed E-state index contributed by atoms with van der Waals surface area (Å²) >= 11 is 0. The lowest BCUT2D eigenvalue weighted by Gasteiger charge is -2.35. The van der Waals surface area contributed by atoms with Gasteiger partial charge in [0.2, 0.25) is 0 Å². The Morgan fingerprint density at radius 2 is 1.73 bits per heavy atom. The highest BCUT2D eigenvalue weighted by Gasteiger charge is 2.59. The van der Waals surface area contributed by atoms with Gasteiger partial charge < -0.3 is 14.2 Å². The van der Waals surface area contributed by atoms with Crippen LogP contribution in [-0.2, 0) is 33.0 Å². The van der Waals surface area contributed by atoms with Crippen LogP contribution in [0.25, 0.3) is 28.1 Å². The van der Waals surface area contributed by atoms with Crippen molar-refractivity contribution in [2.45, 2.75) is 102 Å². The quantitative estimate of drug-likeness (QED) is 0.171. The molecule has 1 N–H and O–H groups in total. The first-order valence-electron chi connectivity index (χ1n) is 22.2. The Morgan fingerprint density at radius 3 is 2.42 bits per heavy atom. The normalized spacial score (nSPS) is 24.4. The molecule has 1 saturated heterocycles. The van der Waals surface area contributed by atoms with Gasteiger partial charge in [0.15, 0.2) is 5.82 Å². The Balaban J connectivity index is 1.05. The van der Waals surface area contributed by atoms with Gasteiger partial charge in [0.05, 0.1) is 49.9 Å². The summed E-state index contributed by atoms with van der Waals surface area (Å²) in [6, 6.07) is 13.6. The molecule has 1 aliphatic carbocycles. The van der Waals surface area contributed by atoms with E-state index in [-0.39, 0.29) is 47.9 Å². The molecule has 5 atom stereocenters. The number of halogens is 2. The highest BCUT2D eigenvalue weighted by molar-refractivity contribution is 7.93. The van der Waals surface area contributed by atoms with Gasteiger partial charge in [-0.05, 0) is 130 Å². The Labute approximate surface area is 378 Å². The number of fused-ring (bicyclic) bond motifs is 3. The number of ether oxygens (including phenoxy) is 1. The van der Waals surface area contributed by atoms with Crippen molar-refractivity contribution in [3.63, 3.8) is 0 Å². The van der Waals surface area contributed by atoms with Crippen molar-refractivity contribution in [3.8, 4) is 17.2 Å². The van der Waals surface area contributed by atoms with Crippen LogP contribution in [0.4, 0.5) is 8.78 Å². The summed E-state index contributed by atoms with van der Waals surface area (Å²) in [5.74, 6) is -1.17. The molecule has 15 nitrogen and oxygen atoms in total. The molecule has 0 bridgehead atoms. The number of H-pyrrole nitrogens is 1. The van der Waals surface area contributed by atoms with Crippen molar-refractivity contribution >= 4 is 26.5 Å². The molecule has 4 aliphatic rings. The maximum atomic E-state index is 15.9. The molecule has 7 heterocycles. The number of amides is 1. The Hall–Kier alpha value is -6.40. The van der Waals surface area contributed by atoms with E-state index < -0.39 is 38.6 Å². The zero-order valence-electron chi connectivity index (χ0n) is 37.6. The van der Waals surface area contributed by atoms with Crippen molar-refractivity contribution < 1.29 is 27.0 Å². The Morgan fingerprint density at radius 1 is 0.985 bits per heavy atom. The highest BCUT2D eigenvalue weighted by atomic mass is 32.2. The molecule has 1 saturated carbocycles. The summed E-state index contributed by atoms with van der Waals surface area (Å²) < 4.78 is 65.5. The van der Waals surface area contributed by atoms with Crippen LogP contribution in [0.1, 0.15) is 109 Å². The standard InChI is InChI=1S/C48H49F2N9O6S/c1-25-16-33(17-26(2)41(25)50)59-42(57-14-13-56(46(57)62)37-20-32-24-51-66(7,63)39(32)21-34(37)49)40-28(4)55(12-10-35(40)53-59)43(60)38-19-31-18-29(30-11-15-64-47(5,6)23-30)8-9-36(31)58(38)48(22-27(48)3)44-52-45(61)65-54-44/h8-9,13-14,16-21,27-28,30H,10-12,15,22-24H2,1-7H3,(H,52,54,61)/t27-,28-,30-,48-,66-/m0/s1. The lowest BCUT2D eigenvalue weighted by Crippen LogP contribution is -2.41. The molecule has 0 radical (unpaired) electrons. The first-order valence-corrected chi connectivity index (χ1v) is 24.2. The third-order valence-corrected chi connectivity index (χ3v) is 16.2. The fraction of sp³-hybridized carbons (Fsp3) is 0.396. The van der Waals surface area contributed by atoms with Gasteiger partial charge in [-0.1, -0.05) is 18.1 Å². The lowest BCUT2D eigenvalue weighted by molar-refractivity contribution is -0.0592. The Kier molecular flexibility index (Phi) is 9.31. The summed E-state index contributed by atoms with van der Waals surface area (Å²) in [7, 11) is -2.76. The SMILES string of the molecule is Cc1cc(-n2nc3c(c2-n2ccn(-c4cc5c(cc4F)[S@](C)(=O)=NC5)c2=O)[C@H](C)N(C(=O)c2cc4cc([C@H]5CCOC(C)(C)C5)ccc4n2[C@@]2(c4noc(=O)[nH]4)C[C@@H]2C)CC3)cc(C)c1F. The number of nitrogens with one attached hydrogen (secondary N) is 1. The van der Waals surface area contributed by atoms with Crippen LogP contribution in [0, 0.1) is 31.4 Å². The van der Waals surface area contributed by atoms with Gasteiger partial charge in [0.25, 0.3) is 5.91 Å². The Bertz CT molecular complexity index is 3450. The summed E-state index contributed by atoms with van der Waals surface area (Å²) in [5.41, 5.74) is 3.63. The van der Waals surface area contributed by atoms with Crippen LogP contribution < -0.4 is 11.4 Å². The van der Waals surface area contributed by atoms with E-state index in [9.17, 15) is 13.8 Å². The lowest BCUT2D eigenvalue weighted by atomic mass is 9.83. The van der Waals surface area contributed by atoms with E-state index in [2.05, 4.69) is 53.5 Å². The van der Waals surface area contributed by atoms with Crippen LogP contribution in [0.2, 0.25) is 0 Å². The highest BCUT2D eigenvalue weighted by Crippen LogP contribution is 2.56. The third kappa shape index (κ3) is 6.34. The smallest absolute Gasteiger partial charge is 0.376 e. The average molecular weight is 918 g/mol. The van der Waals surface area contributed by atoms with E-state index in [0.717, 1.165) is 29.3 Å². The van der Waals surface area contributed by atoms with Crippen molar-refractivity contribution in [2.24, 2.45) is 10.3 Å². The minimum absolute atomic E-state index is 0.0129. The molecular weight excluding hydrogens is 869 g/mol. The number of hydrogen-bond donors (Lipinski definition) is 1. The van der Waals surface area contributed by atoms with Crippen LogP contribution in [-0.4, -0.2) is 73.6 Å². The molecule has 3 aromatic carbocycles. The van der Waals surface area contributed by atoms with Crippen LogP contribution in [0.15, 0.2) is 84.3 Å². The van der Waals surface area contributed by atoms with Gasteiger partial charge in [-0.3, -0.25) is 23.4 Å². The first kappa shape index (κ1) is 42.2. The third-order valence-electron chi connectivity index (χ3n) is 14.4. The number of nitrogens with zero attached hydrogens (tertiary/aromatic N) is 8. The van der Waals surface area contributed by atoms with Crippen molar-refractivity contribution in [2.75, 3.05) is 19.4 Å². The van der Waals surface area contributed by atoms with Crippen molar-refractivity contribution in [3.05, 3.63) is 139 Å². The van der Waals surface area contributed by atoms with E-state index in [0.29, 0.717) is 75.3 Å². The van der Waals surface area contributed by atoms with Crippen LogP contribution >= 0.6 is 0 Å². The molecule has 1 amide bonds. The minimum atomic E-state index is -2.76. The molecule has 66 heavy (non-hydrogen) atoms. The summed E-state index contributed by atoms with van der Waals surface area (Å²) in [6.45, 7) is 12.5. The summed E-state index contributed by atoms with van der Waals surface area (Å²) in [6.07, 6.45) is 7.09. The number of aromatic amines is 1. The second-order valence-electron chi connectivity index (χ2n) is 19.2. The predicted octanol–water partition coefficient (Wildman–Crippen LogP) is 7.53. The number of benzene rings is 3. The van der Waals surface area contributed by atoms with Gasteiger partial charge in [0.1, 0.15) is 28.7 Å². The molecule has 11 rings (SSSR count). The first-order chi connectivity index (χ1) is 31.4. The summed E-state index contributed by atoms with van der Waals surface area (Å²) in [5, 5.41) is 10.1. The molecule has 18 heteroatoms. The molecule has 7 aromatic rings. The maximum absolute atomic E-state index is 15.9. The van der Waals surface area contributed by atoms with E-state index >= 15 is 13.6 Å². The zero-order chi connectivity index (χ0) is 46.4. The summed E-state index contributed by atoms with van der Waals surface area (Å²) in [4.78, 5) is 47.6. The zero-order valence-corrected chi connectivity index (χ0v) is 38.5. The second-order valence-corrected chi connectivity index (χ2v) is 21.5. The molecule has 4 aromatic heterocycles. The monoisotopic (exact) mass is 917 g/mol. The molecule has 0 spiro atoms. The topological polar surface area (TPSA) is 168 Å². The van der Waals surface area contributed by atoms with E-state index in [4.69, 9.17) is 14.4 Å². The second kappa shape index (κ2) is 14.5. The number of rotatable bonds is 7. The number of carbonyl (C=O) groups is 1. The van der Waals surface area contributed by atoms with Crippen LogP contribution in [0.3, 0.4) is 0 Å². The number of imidazole rings is 1. The molecule has 3 aliphatic heterocycles. The number of carbonyl (C=O) groups excluding carboxylic acids is 1. The van der Waals surface area contributed by atoms with Gasteiger partial charge in [-0.2, -0.15) is 5.10 Å². The number of hydrogen-bond acceptors (Lipinski definition) is 9. The molecule has 342 valence electrons. The van der Waals surface area contributed by atoms with E-state index in [1.54, 1.807) is 35.6 Å². The maximum Gasteiger partial charge on any atom is 0.438 e. The van der Waals surface area contributed by atoms with E-state index in [1.165, 1.54) is 39.9 Å². The minimum Gasteiger partial charge on any atom is -0.376 e.